The van der Waals surface area contributed by atoms with Crippen molar-refractivity contribution in [3.63, 3.8) is 0 Å². The van der Waals surface area contributed by atoms with Crippen molar-refractivity contribution in [2.75, 3.05) is 11.9 Å². The second-order valence-electron chi connectivity index (χ2n) is 5.98. The van der Waals surface area contributed by atoms with E-state index in [-0.39, 0.29) is 24.2 Å². The second-order valence-corrected chi connectivity index (χ2v) is 5.98. The lowest BCUT2D eigenvalue weighted by Crippen LogP contribution is -2.22. The zero-order valence-corrected chi connectivity index (χ0v) is 15.3. The van der Waals surface area contributed by atoms with E-state index < -0.39 is 0 Å². The van der Waals surface area contributed by atoms with Crippen molar-refractivity contribution in [3.8, 4) is 0 Å². The van der Waals surface area contributed by atoms with Gasteiger partial charge in [-0.05, 0) is 41.8 Å². The largest absolute Gasteiger partial charge is 0.330 e. The van der Waals surface area contributed by atoms with Gasteiger partial charge in [0.15, 0.2) is 0 Å². The monoisotopic (exact) mass is 366 g/mol. The van der Waals surface area contributed by atoms with Gasteiger partial charge in [0.2, 0.25) is 5.91 Å². The molecule has 0 aliphatic carbocycles. The van der Waals surface area contributed by atoms with Crippen molar-refractivity contribution in [2.45, 2.75) is 12.3 Å². The maximum absolute atomic E-state index is 13.0. The van der Waals surface area contributed by atoms with Crippen molar-refractivity contribution in [1.29, 1.82) is 0 Å². The Morgan fingerprint density at radius 1 is 0.808 bits per heavy atom. The van der Waals surface area contributed by atoms with Crippen LogP contribution in [-0.4, -0.2) is 12.5 Å². The van der Waals surface area contributed by atoms with Gasteiger partial charge in [0.25, 0.3) is 0 Å². The number of halogens is 1. The Kier molecular flexibility index (Phi) is 7.39. The number of carbonyl (C=O) groups is 1. The molecular formula is C22H23ClN2O. The van der Waals surface area contributed by atoms with Crippen LogP contribution in [0.2, 0.25) is 0 Å². The lowest BCUT2D eigenvalue weighted by atomic mass is 9.90. The van der Waals surface area contributed by atoms with E-state index in [4.69, 9.17) is 5.73 Å². The fourth-order valence-electron chi connectivity index (χ4n) is 2.92. The topological polar surface area (TPSA) is 55.1 Å². The molecule has 0 radical (unpaired) electrons. The minimum absolute atomic E-state index is 0. The van der Waals surface area contributed by atoms with Crippen LogP contribution in [0, 0.1) is 0 Å². The average molecular weight is 367 g/mol. The van der Waals surface area contributed by atoms with Crippen molar-refractivity contribution in [1.82, 2.24) is 0 Å². The molecule has 0 bridgehead atoms. The first kappa shape index (κ1) is 19.7. The van der Waals surface area contributed by atoms with Crippen molar-refractivity contribution < 1.29 is 4.79 Å². The quantitative estimate of drug-likeness (QED) is 0.680. The standard InChI is InChI=1S/C22H22N2O.ClH/c23-16-15-17-11-13-20(14-12-17)24-22(25)21(18-7-3-1-4-8-18)19-9-5-2-6-10-19;/h1-14,21H,15-16,23H2,(H,24,25);1H. The molecule has 0 fully saturated rings. The third-order valence-corrected chi connectivity index (χ3v) is 4.18. The molecule has 1 amide bonds. The van der Waals surface area contributed by atoms with Crippen LogP contribution in [0.5, 0.6) is 0 Å². The molecule has 3 aromatic carbocycles. The molecule has 0 aliphatic rings. The summed E-state index contributed by atoms with van der Waals surface area (Å²) >= 11 is 0. The molecule has 0 atom stereocenters. The second kappa shape index (κ2) is 9.76. The van der Waals surface area contributed by atoms with E-state index in [0.717, 1.165) is 23.2 Å². The average Bonchev–Trinajstić information content (AvgIpc) is 2.66. The van der Waals surface area contributed by atoms with Gasteiger partial charge in [0.1, 0.15) is 0 Å². The number of benzene rings is 3. The lowest BCUT2D eigenvalue weighted by molar-refractivity contribution is -0.116. The first-order valence-corrected chi connectivity index (χ1v) is 8.47. The predicted octanol–water partition coefficient (Wildman–Crippen LogP) is 4.38. The summed E-state index contributed by atoms with van der Waals surface area (Å²) in [7, 11) is 0. The van der Waals surface area contributed by atoms with Gasteiger partial charge in [-0.2, -0.15) is 0 Å². The highest BCUT2D eigenvalue weighted by atomic mass is 35.5. The third kappa shape index (κ3) is 4.94. The SMILES string of the molecule is Cl.NCCc1ccc(NC(=O)C(c2ccccc2)c2ccccc2)cc1. The molecule has 3 nitrogen and oxygen atoms in total. The molecule has 3 rings (SSSR count). The maximum Gasteiger partial charge on any atom is 0.236 e. The Morgan fingerprint density at radius 3 is 1.77 bits per heavy atom. The van der Waals surface area contributed by atoms with E-state index in [0.29, 0.717) is 6.54 Å². The van der Waals surface area contributed by atoms with Crippen molar-refractivity contribution in [2.24, 2.45) is 5.73 Å². The summed E-state index contributed by atoms with van der Waals surface area (Å²) in [5.74, 6) is -0.380. The Labute approximate surface area is 160 Å². The smallest absolute Gasteiger partial charge is 0.236 e. The van der Waals surface area contributed by atoms with E-state index in [1.165, 1.54) is 5.56 Å². The van der Waals surface area contributed by atoms with E-state index >= 15 is 0 Å². The zero-order chi connectivity index (χ0) is 17.5. The summed E-state index contributed by atoms with van der Waals surface area (Å²) in [4.78, 5) is 13.0. The number of hydrogen-bond acceptors (Lipinski definition) is 2. The van der Waals surface area contributed by atoms with Gasteiger partial charge >= 0.3 is 0 Å². The van der Waals surface area contributed by atoms with E-state index in [1.54, 1.807) is 0 Å². The van der Waals surface area contributed by atoms with E-state index in [1.807, 2.05) is 84.9 Å². The molecule has 0 saturated heterocycles. The molecule has 0 spiro atoms. The Balaban J connectivity index is 0.00000243. The molecule has 3 N–H and O–H groups in total. The van der Waals surface area contributed by atoms with Gasteiger partial charge in [-0.15, -0.1) is 12.4 Å². The summed E-state index contributed by atoms with van der Waals surface area (Å²) < 4.78 is 0. The number of rotatable bonds is 6. The molecule has 0 aromatic heterocycles. The summed E-state index contributed by atoms with van der Waals surface area (Å²) in [5.41, 5.74) is 9.50. The molecule has 0 heterocycles. The highest BCUT2D eigenvalue weighted by molar-refractivity contribution is 5.98. The first-order chi connectivity index (χ1) is 12.3. The summed E-state index contributed by atoms with van der Waals surface area (Å²) in [6, 6.07) is 27.6. The molecule has 0 aliphatic heterocycles. The molecular weight excluding hydrogens is 344 g/mol. The Bertz CT molecular complexity index is 765. The lowest BCUT2D eigenvalue weighted by Gasteiger charge is -2.18. The van der Waals surface area contributed by atoms with Gasteiger partial charge in [-0.1, -0.05) is 72.8 Å². The molecule has 134 valence electrons. The van der Waals surface area contributed by atoms with Gasteiger partial charge in [-0.25, -0.2) is 0 Å². The van der Waals surface area contributed by atoms with Gasteiger partial charge in [-0.3, -0.25) is 4.79 Å². The van der Waals surface area contributed by atoms with Crippen LogP contribution in [0.3, 0.4) is 0 Å². The van der Waals surface area contributed by atoms with Crippen LogP contribution < -0.4 is 11.1 Å². The molecule has 0 saturated carbocycles. The minimum atomic E-state index is -0.342. The van der Waals surface area contributed by atoms with Crippen LogP contribution >= 0.6 is 12.4 Å². The number of hydrogen-bond donors (Lipinski definition) is 2. The number of nitrogens with two attached hydrogens (primary N) is 1. The number of anilines is 1. The normalized spacial score (nSPS) is 10.2. The van der Waals surface area contributed by atoms with E-state index in [9.17, 15) is 4.79 Å². The van der Waals surface area contributed by atoms with Crippen LogP contribution in [0.25, 0.3) is 0 Å². The van der Waals surface area contributed by atoms with Gasteiger partial charge in [0, 0.05) is 5.69 Å². The van der Waals surface area contributed by atoms with Gasteiger partial charge < -0.3 is 11.1 Å². The van der Waals surface area contributed by atoms with Crippen molar-refractivity contribution >= 4 is 24.0 Å². The minimum Gasteiger partial charge on any atom is -0.330 e. The highest BCUT2D eigenvalue weighted by Gasteiger charge is 2.22. The van der Waals surface area contributed by atoms with Crippen LogP contribution in [0.4, 0.5) is 5.69 Å². The van der Waals surface area contributed by atoms with Crippen LogP contribution in [0.15, 0.2) is 84.9 Å². The number of nitrogens with one attached hydrogen (secondary N) is 1. The molecule has 3 aromatic rings. The summed E-state index contributed by atoms with van der Waals surface area (Å²) in [6.07, 6.45) is 0.838. The molecule has 26 heavy (non-hydrogen) atoms. The van der Waals surface area contributed by atoms with Crippen LogP contribution in [0.1, 0.15) is 22.6 Å². The van der Waals surface area contributed by atoms with Crippen molar-refractivity contribution in [3.05, 3.63) is 102 Å². The van der Waals surface area contributed by atoms with Gasteiger partial charge in [0.05, 0.1) is 5.92 Å². The molecule has 0 unspecified atom stereocenters. The maximum atomic E-state index is 13.0. The fraction of sp³-hybridized carbons (Fsp3) is 0.136. The third-order valence-electron chi connectivity index (χ3n) is 4.18. The predicted molar refractivity (Wildman–Crippen MR) is 110 cm³/mol. The Hall–Kier alpha value is -2.62. The fourth-order valence-corrected chi connectivity index (χ4v) is 2.92. The Morgan fingerprint density at radius 2 is 1.31 bits per heavy atom. The molecule has 4 heteroatoms. The highest BCUT2D eigenvalue weighted by Crippen LogP contribution is 2.26. The summed E-state index contributed by atoms with van der Waals surface area (Å²) in [5, 5.41) is 3.04. The number of carbonyl (C=O) groups excluding carboxylic acids is 1. The number of amides is 1. The summed E-state index contributed by atoms with van der Waals surface area (Å²) in [6.45, 7) is 0.621. The van der Waals surface area contributed by atoms with E-state index in [2.05, 4.69) is 5.32 Å². The zero-order valence-electron chi connectivity index (χ0n) is 14.5. The van der Waals surface area contributed by atoms with Crippen LogP contribution in [-0.2, 0) is 11.2 Å². The first-order valence-electron chi connectivity index (χ1n) is 8.47.